The van der Waals surface area contributed by atoms with Crippen LogP contribution in [-0.4, -0.2) is 42.5 Å². The van der Waals surface area contributed by atoms with E-state index < -0.39 is 24.1 Å². The molecule has 1 aromatic carbocycles. The van der Waals surface area contributed by atoms with Crippen molar-refractivity contribution in [1.29, 1.82) is 0 Å². The van der Waals surface area contributed by atoms with Crippen molar-refractivity contribution in [3.8, 4) is 0 Å². The molecule has 0 heterocycles. The molecule has 0 radical (unpaired) electrons. The third-order valence-electron chi connectivity index (χ3n) is 2.52. The molecule has 25 heavy (non-hydrogen) atoms. The van der Waals surface area contributed by atoms with Gasteiger partial charge in [0, 0.05) is 5.56 Å². The number of oxime groups is 1. The predicted octanol–water partition coefficient (Wildman–Crippen LogP) is 2.28. The molecule has 0 fully saturated rings. The monoisotopic (exact) mass is 348 g/mol. The Kier molecular flexibility index (Phi) is 7.49. The lowest BCUT2D eigenvalue weighted by atomic mass is 10.1. The summed E-state index contributed by atoms with van der Waals surface area (Å²) >= 11 is 0. The Balaban J connectivity index is 2.97. The zero-order chi connectivity index (χ0) is 18.9. The van der Waals surface area contributed by atoms with Crippen molar-refractivity contribution in [2.24, 2.45) is 10.1 Å². The van der Waals surface area contributed by atoms with Crippen molar-refractivity contribution in [3.63, 3.8) is 0 Å². The van der Waals surface area contributed by atoms with E-state index >= 15 is 0 Å². The fraction of sp³-hybridized carbons (Fsp3) is 0.412. The first-order valence-electron chi connectivity index (χ1n) is 7.54. The van der Waals surface area contributed by atoms with E-state index in [1.807, 2.05) is 0 Å². The summed E-state index contributed by atoms with van der Waals surface area (Å²) in [5.41, 5.74) is -0.209. The molecule has 0 saturated carbocycles. The highest BCUT2D eigenvalue weighted by Gasteiger charge is 2.19. The smallest absolute Gasteiger partial charge is 0.361 e. The highest BCUT2D eigenvalue weighted by molar-refractivity contribution is 6.43. The lowest BCUT2D eigenvalue weighted by Crippen LogP contribution is -2.26. The van der Waals surface area contributed by atoms with Crippen LogP contribution >= 0.6 is 0 Å². The number of aliphatic imine (C=N–C) groups is 1. The molecule has 0 saturated heterocycles. The van der Waals surface area contributed by atoms with Crippen molar-refractivity contribution >= 4 is 29.4 Å². The lowest BCUT2D eigenvalue weighted by molar-refractivity contribution is -0.160. The normalized spacial score (nSPS) is 11.3. The summed E-state index contributed by atoms with van der Waals surface area (Å²) in [6.45, 7) is 6.47. The minimum absolute atomic E-state index is 0.135. The van der Waals surface area contributed by atoms with Gasteiger partial charge in [-0.1, -0.05) is 17.3 Å². The molecule has 1 aromatic rings. The van der Waals surface area contributed by atoms with Crippen molar-refractivity contribution < 1.29 is 28.7 Å². The Morgan fingerprint density at radius 2 is 1.96 bits per heavy atom. The minimum atomic E-state index is -0.737. The summed E-state index contributed by atoms with van der Waals surface area (Å²) < 4.78 is 10.00. The summed E-state index contributed by atoms with van der Waals surface area (Å²) in [7, 11) is 0. The molecule has 8 heteroatoms. The Bertz CT molecular complexity index is 699. The fourth-order valence-corrected chi connectivity index (χ4v) is 1.70. The summed E-state index contributed by atoms with van der Waals surface area (Å²) in [6, 6.07) is 6.14. The average Bonchev–Trinajstić information content (AvgIpc) is 2.50. The van der Waals surface area contributed by atoms with Gasteiger partial charge in [-0.25, -0.2) is 14.4 Å². The van der Waals surface area contributed by atoms with Gasteiger partial charge in [-0.2, -0.15) is 4.99 Å². The van der Waals surface area contributed by atoms with E-state index in [0.29, 0.717) is 5.56 Å². The predicted molar refractivity (Wildman–Crippen MR) is 89.2 cm³/mol. The molecular weight excluding hydrogens is 328 g/mol. The number of hydrogen-bond donors (Lipinski definition) is 0. The number of hydrogen-bond acceptors (Lipinski definition) is 8. The van der Waals surface area contributed by atoms with Gasteiger partial charge < -0.3 is 14.3 Å². The van der Waals surface area contributed by atoms with Gasteiger partial charge in [-0.3, -0.25) is 0 Å². The van der Waals surface area contributed by atoms with E-state index in [0.717, 1.165) is 0 Å². The van der Waals surface area contributed by atoms with Gasteiger partial charge in [0.25, 0.3) is 0 Å². The van der Waals surface area contributed by atoms with Crippen molar-refractivity contribution in [2.45, 2.75) is 33.3 Å². The number of rotatable bonds is 7. The second-order valence-electron chi connectivity index (χ2n) is 5.77. The Morgan fingerprint density at radius 1 is 1.24 bits per heavy atom. The molecular formula is C17H20N2O6. The molecule has 134 valence electrons. The van der Waals surface area contributed by atoms with Gasteiger partial charge in [0.05, 0.1) is 12.3 Å². The molecule has 0 aliphatic carbocycles. The van der Waals surface area contributed by atoms with Gasteiger partial charge >= 0.3 is 11.9 Å². The molecule has 0 N–H and O–H groups in total. The molecule has 8 nitrogen and oxygen atoms in total. The SMILES string of the molecule is CCOC(=O)/C(=N\OCC(=O)OC(C)(C)C)c1cccc(N=C=O)c1. The Hall–Kier alpha value is -2.99. The van der Waals surface area contributed by atoms with Crippen LogP contribution in [0.4, 0.5) is 5.69 Å². The summed E-state index contributed by atoms with van der Waals surface area (Å²) in [5, 5.41) is 3.68. The van der Waals surface area contributed by atoms with Crippen molar-refractivity contribution in [3.05, 3.63) is 29.8 Å². The molecule has 0 spiro atoms. The van der Waals surface area contributed by atoms with Gasteiger partial charge in [-0.05, 0) is 39.8 Å². The minimum Gasteiger partial charge on any atom is -0.461 e. The van der Waals surface area contributed by atoms with E-state index in [1.165, 1.54) is 12.1 Å². The zero-order valence-electron chi connectivity index (χ0n) is 14.6. The highest BCUT2D eigenvalue weighted by atomic mass is 16.7. The van der Waals surface area contributed by atoms with Crippen LogP contribution in [0.2, 0.25) is 0 Å². The second kappa shape index (κ2) is 9.34. The van der Waals surface area contributed by atoms with E-state index in [9.17, 15) is 14.4 Å². The van der Waals surface area contributed by atoms with Crippen LogP contribution in [0, 0.1) is 0 Å². The van der Waals surface area contributed by atoms with Crippen molar-refractivity contribution in [2.75, 3.05) is 13.2 Å². The maximum absolute atomic E-state index is 12.1. The third-order valence-corrected chi connectivity index (χ3v) is 2.52. The number of nitrogens with zero attached hydrogens (tertiary/aromatic N) is 2. The zero-order valence-corrected chi connectivity index (χ0v) is 14.6. The topological polar surface area (TPSA) is 104 Å². The average molecular weight is 348 g/mol. The highest BCUT2D eigenvalue weighted by Crippen LogP contribution is 2.15. The largest absolute Gasteiger partial charge is 0.461 e. The molecule has 0 atom stereocenters. The van der Waals surface area contributed by atoms with Crippen LogP contribution in [0.25, 0.3) is 0 Å². The van der Waals surface area contributed by atoms with Crippen LogP contribution in [-0.2, 0) is 28.7 Å². The summed E-state index contributed by atoms with van der Waals surface area (Å²) in [4.78, 5) is 42.5. The van der Waals surface area contributed by atoms with E-state index in [4.69, 9.17) is 14.3 Å². The molecule has 0 unspecified atom stereocenters. The Labute approximate surface area is 145 Å². The van der Waals surface area contributed by atoms with Crippen LogP contribution < -0.4 is 0 Å². The third kappa shape index (κ3) is 7.41. The second-order valence-corrected chi connectivity index (χ2v) is 5.77. The number of isocyanates is 1. The standard InChI is InChI=1S/C17H20N2O6/c1-5-23-16(22)15(12-7-6-8-13(9-12)18-11-20)19-24-10-14(21)25-17(2,3)4/h6-9H,5,10H2,1-4H3/b19-15-. The van der Waals surface area contributed by atoms with Crippen LogP contribution in [0.1, 0.15) is 33.3 Å². The van der Waals surface area contributed by atoms with E-state index in [1.54, 1.807) is 45.9 Å². The molecule has 0 aliphatic heterocycles. The first-order chi connectivity index (χ1) is 11.8. The first-order valence-corrected chi connectivity index (χ1v) is 7.54. The van der Waals surface area contributed by atoms with E-state index in [2.05, 4.69) is 10.1 Å². The number of benzene rings is 1. The maximum atomic E-state index is 12.1. The summed E-state index contributed by atoms with van der Waals surface area (Å²) in [5.74, 6) is -1.36. The van der Waals surface area contributed by atoms with Gasteiger partial charge in [0.15, 0.2) is 5.71 Å². The molecule has 0 aliphatic rings. The van der Waals surface area contributed by atoms with Gasteiger partial charge in [-0.15, -0.1) is 0 Å². The van der Waals surface area contributed by atoms with E-state index in [-0.39, 0.29) is 18.0 Å². The molecule has 0 aromatic heterocycles. The number of ether oxygens (including phenoxy) is 2. The van der Waals surface area contributed by atoms with Crippen molar-refractivity contribution in [1.82, 2.24) is 0 Å². The number of esters is 2. The molecule has 1 rings (SSSR count). The molecule has 0 bridgehead atoms. The Morgan fingerprint density at radius 3 is 2.56 bits per heavy atom. The van der Waals surface area contributed by atoms with Crippen LogP contribution in [0.3, 0.4) is 0 Å². The number of carbonyl (C=O) groups is 2. The van der Waals surface area contributed by atoms with Crippen LogP contribution in [0.5, 0.6) is 0 Å². The maximum Gasteiger partial charge on any atom is 0.361 e. The fourth-order valence-electron chi connectivity index (χ4n) is 1.70. The number of carbonyl (C=O) groups excluding carboxylic acids is 3. The summed E-state index contributed by atoms with van der Waals surface area (Å²) in [6.07, 6.45) is 1.41. The molecule has 0 amide bonds. The lowest BCUT2D eigenvalue weighted by Gasteiger charge is -2.18. The van der Waals surface area contributed by atoms with Gasteiger partial charge in [0.1, 0.15) is 5.60 Å². The van der Waals surface area contributed by atoms with Crippen LogP contribution in [0.15, 0.2) is 34.4 Å². The van der Waals surface area contributed by atoms with Gasteiger partial charge in [0.2, 0.25) is 12.7 Å². The first kappa shape index (κ1) is 20.1. The quantitative estimate of drug-likeness (QED) is 0.324.